The summed E-state index contributed by atoms with van der Waals surface area (Å²) in [4.78, 5) is 120. The molecular weight excluding hydrogens is 2070 g/mol. The van der Waals surface area contributed by atoms with Crippen LogP contribution in [0.3, 0.4) is 0 Å². The van der Waals surface area contributed by atoms with Crippen LogP contribution >= 0.6 is 0 Å². The van der Waals surface area contributed by atoms with Crippen LogP contribution in [-0.4, -0.2) is 476 Å². The van der Waals surface area contributed by atoms with Crippen LogP contribution < -0.4 is 86.0 Å². The summed E-state index contributed by atoms with van der Waals surface area (Å²) < 4.78 is 217. The Labute approximate surface area is 832 Å². The number of carbonyl (C=O) groups excluding carboxylic acids is 5. The summed E-state index contributed by atoms with van der Waals surface area (Å²) in [5.74, 6) is -17.5. The molecule has 0 radical (unpaired) electrons. The maximum Gasteiger partial charge on any atom is 0.451 e. The molecule has 145 heavy (non-hydrogen) atoms. The van der Waals surface area contributed by atoms with Crippen molar-refractivity contribution >= 4 is 146 Å². The monoisotopic (exact) mass is 2210 g/mol. The smallest absolute Gasteiger partial charge is 0.451 e. The van der Waals surface area contributed by atoms with Gasteiger partial charge in [-0.05, 0) is 83.0 Å². The highest BCUT2D eigenvalue weighted by Crippen LogP contribution is 2.41. The topological polar surface area (TPSA) is 1080 Å². The van der Waals surface area contributed by atoms with E-state index in [2.05, 4.69) is 0 Å². The number of alkyl halides is 6. The summed E-state index contributed by atoms with van der Waals surface area (Å²) in [6, 6.07) is -8.36. The molecule has 6 aliphatic heterocycles. The van der Waals surface area contributed by atoms with Crippen molar-refractivity contribution < 1.29 is 197 Å². The molecule has 61 nitrogen and oxygen atoms in total. The lowest BCUT2D eigenvalue weighted by molar-refractivity contribution is -0.152. The summed E-state index contributed by atoms with van der Waals surface area (Å²) in [6.07, 6.45) is -5.53. The maximum absolute atomic E-state index is 13.3. The highest BCUT2D eigenvalue weighted by Gasteiger charge is 2.61. The molecule has 836 valence electrons. The van der Waals surface area contributed by atoms with Crippen LogP contribution in [0.25, 0.3) is 0 Å². The van der Waals surface area contributed by atoms with Gasteiger partial charge in [0.2, 0.25) is 0 Å². The van der Waals surface area contributed by atoms with Gasteiger partial charge < -0.3 is 167 Å². The Hall–Kier alpha value is -6.89. The molecule has 5 amide bonds. The number of carboxylic acid groups (broad SMARTS) is 5. The summed E-state index contributed by atoms with van der Waals surface area (Å²) in [7, 11) is -31.4. The molecule has 0 aromatic rings. The number of nitrogens with two attached hydrogens (primary N) is 15. The van der Waals surface area contributed by atoms with Gasteiger partial charge in [-0.3, -0.25) is 47.9 Å². The van der Waals surface area contributed by atoms with Crippen molar-refractivity contribution in [1.82, 2.24) is 43.1 Å². The van der Waals surface area contributed by atoms with Crippen molar-refractivity contribution in [3.63, 3.8) is 0 Å². The van der Waals surface area contributed by atoms with Gasteiger partial charge >= 0.3 is 123 Å². The molecule has 0 aromatic carbocycles. The van der Waals surface area contributed by atoms with E-state index in [1.165, 1.54) is 0 Å². The Morgan fingerprint density at radius 3 is 0.786 bits per heavy atom. The number of halogens is 6. The molecule has 15 atom stereocenters. The van der Waals surface area contributed by atoms with Crippen LogP contribution in [0.15, 0.2) is 0 Å². The minimum Gasteiger partial charge on any atom is -0.480 e. The van der Waals surface area contributed by atoms with Gasteiger partial charge in [-0.2, -0.15) is 76.8 Å². The van der Waals surface area contributed by atoms with Gasteiger partial charge in [-0.25, -0.2) is 34.7 Å². The second kappa shape index (κ2) is 55.9. The molecule has 6 heterocycles. The number of ether oxygens (including phenoxy) is 1. The zero-order valence-corrected chi connectivity index (χ0v) is 82.8. The average Bonchev–Trinajstić information content (AvgIpc) is 0.976. The first-order valence-electron chi connectivity index (χ1n) is 44.9. The van der Waals surface area contributed by atoms with Crippen LogP contribution in [0.2, 0.25) is 31.6 Å². The number of amides is 5. The molecule has 45 N–H and O–H groups in total. The summed E-state index contributed by atoms with van der Waals surface area (Å²) in [5, 5.41) is 137. The Kier molecular flexibility index (Phi) is 51.0. The minimum absolute atomic E-state index is 0.000612. The second-order valence-corrected chi connectivity index (χ2v) is 45.0. The minimum atomic E-state index is -5.15. The first-order valence-corrected chi connectivity index (χ1v) is 51.9. The maximum atomic E-state index is 13.3. The molecule has 77 heteroatoms. The molecule has 0 aromatic heterocycles. The lowest BCUT2D eigenvalue weighted by Gasteiger charge is -2.39. The zero-order valence-electron chi connectivity index (χ0n) is 78.7. The Morgan fingerprint density at radius 2 is 0.586 bits per heavy atom. The molecular formula is C68H136B5F6N25O36S5. The molecule has 0 bridgehead atoms. The van der Waals surface area contributed by atoms with E-state index in [0.717, 1.165) is 19.3 Å². The Morgan fingerprint density at radius 1 is 0.366 bits per heavy atom. The predicted molar refractivity (Wildman–Crippen MR) is 498 cm³/mol. The van der Waals surface area contributed by atoms with Gasteiger partial charge in [0.1, 0.15) is 40.9 Å². The summed E-state index contributed by atoms with van der Waals surface area (Å²) >= 11 is 0. The first kappa shape index (κ1) is 132. The predicted octanol–water partition coefficient (Wildman–Crippen LogP) is -17.7. The van der Waals surface area contributed by atoms with E-state index in [1.54, 1.807) is 0 Å². The molecule has 1 aliphatic carbocycles. The summed E-state index contributed by atoms with van der Waals surface area (Å²) in [6.45, 7) is -12.7. The van der Waals surface area contributed by atoms with E-state index >= 15 is 0 Å². The van der Waals surface area contributed by atoms with Gasteiger partial charge in [0.05, 0.1) is 62.6 Å². The average molecular weight is 2210 g/mol. The number of hydrogen-bond acceptors (Lipinski definition) is 46. The molecule has 1 saturated carbocycles. The van der Waals surface area contributed by atoms with E-state index in [9.17, 15) is 142 Å². The zero-order chi connectivity index (χ0) is 112. The van der Waals surface area contributed by atoms with E-state index in [0.29, 0.717) is 30.1 Å². The SMILES string of the molecule is NCC(N)C(=O)N(C1CCC1)S(=O)(=O)N1C[C@H](CCCB(O)O)[C@](N)(C(=O)O)C1.NCC(N)C(=O)N(C1COC1)S(=O)(=O)N1C[C@H](CCCB(O)O)[C@](N)(C(=O)O)C1.NCC(N)C(=O)N(CC(F)(F)F)S(=O)(=O)N1C[C@H](CCCB(O)O)[C@](N)(C(=O)O)C1.NCC(N)C(=O)N(CC(F)F)S(=O)(=O)N1C[C@H](CCCB(O)O)[C@](N)(C(=O)O)C1.NCC(N)C(=O)N(CCF)S(=O)(=O)N1C[C@H](CCCB(O)O)[C@](N)(C(=O)O)C1. The van der Waals surface area contributed by atoms with Crippen LogP contribution in [-0.2, 0) is 104 Å². The van der Waals surface area contributed by atoms with Crippen molar-refractivity contribution in [2.24, 2.45) is 116 Å². The number of aliphatic carboxylic acids is 5. The van der Waals surface area contributed by atoms with Crippen molar-refractivity contribution in [1.29, 1.82) is 0 Å². The van der Waals surface area contributed by atoms with E-state index in [-0.39, 0.29) is 157 Å². The highest BCUT2D eigenvalue weighted by molar-refractivity contribution is 7.88. The highest BCUT2D eigenvalue weighted by atomic mass is 32.2. The number of hydrogen-bond donors (Lipinski definition) is 30. The molecule has 7 fully saturated rings. The van der Waals surface area contributed by atoms with Gasteiger partial charge in [0, 0.05) is 134 Å². The van der Waals surface area contributed by atoms with E-state index in [1.807, 2.05) is 0 Å². The standard InChI is InChI=1S/C15H30BN5O7S.C14H28BN5O8S.C13H25BF3N5O7S.C13H26BF2N5O7S.C13H27BFN5O7S/c17-7-12(18)13(22)21(11-4-1-5-11)29(27,28)20-8-10(3-2-6-16(25)26)15(19,9-20)14(23)24;16-4-11(17)12(21)20(10-6-28-7-10)29(26,27)19-5-9(2-1-3-15(24)25)14(18,8-19)13(22)23;15-13(16,17)7-22(10(23)9(19)4-18)30(28,29)21-5-8(2-1-3-14(26)27)12(20,6-21)11(24)25;15-10(16)6-21(11(22)9(18)4-17)29(27,28)20-5-8(2-1-3-14(25)26)13(19,7-20)12(23)24;15-4-5-20(11(21)10(17)6-16)28(26,27)19-7-9(2-1-3-14(24)25)13(18,8-19)12(22)23/h10-12,25-26H,1-9,17-19H2,(H,23,24);9-11,24-25H,1-8,16-18H2,(H,22,23);8-9,26-27H,1-7,18-20H2,(H,24,25);8-10,25-26H,1-7,17-19H2,(H,23,24);9-10,24-25H,1-8,16-18H2,(H,22,23)/t10-,12?,15-;9-,11?,14-;8-,9?,12-;8-,9?,13-;9-,10?,13-/m00000/s1. The van der Waals surface area contributed by atoms with Gasteiger partial charge in [-0.1, -0.05) is 32.1 Å². The Bertz CT molecular complexity index is 4810. The normalized spacial score (nSPS) is 25.1. The summed E-state index contributed by atoms with van der Waals surface area (Å²) in [5.41, 5.74) is 73.9. The fraction of sp³-hybridized carbons (Fsp3) is 0.853. The third-order valence-electron chi connectivity index (χ3n) is 25.3. The lowest BCUT2D eigenvalue weighted by Crippen LogP contribution is -2.62. The first-order chi connectivity index (χ1) is 66.6. The van der Waals surface area contributed by atoms with Crippen LogP contribution in [0.1, 0.15) is 83.5 Å². The van der Waals surface area contributed by atoms with E-state index in [4.69, 9.17) is 141 Å². The molecule has 6 saturated heterocycles. The number of rotatable bonds is 52. The molecule has 5 unspecified atom stereocenters. The number of carbonyl (C=O) groups is 10. The van der Waals surface area contributed by atoms with Crippen molar-refractivity contribution in [2.75, 3.05) is 138 Å². The third kappa shape index (κ3) is 34.3. The lowest BCUT2D eigenvalue weighted by atomic mass is 9.78. The Balaban J connectivity index is 0.000000466. The van der Waals surface area contributed by atoms with Crippen molar-refractivity contribution in [3.05, 3.63) is 0 Å². The van der Waals surface area contributed by atoms with Crippen LogP contribution in [0.5, 0.6) is 0 Å². The molecule has 7 rings (SSSR count). The van der Waals surface area contributed by atoms with Crippen LogP contribution in [0, 0.1) is 29.6 Å². The van der Waals surface area contributed by atoms with Crippen molar-refractivity contribution in [3.8, 4) is 0 Å². The second-order valence-electron chi connectivity index (χ2n) is 35.8. The van der Waals surface area contributed by atoms with Crippen LogP contribution in [0.4, 0.5) is 26.3 Å². The van der Waals surface area contributed by atoms with E-state index < -0.39 is 348 Å². The largest absolute Gasteiger partial charge is 0.480 e. The molecule has 0 spiro atoms. The van der Waals surface area contributed by atoms with Gasteiger partial charge in [-0.15, -0.1) is 0 Å². The fourth-order valence-electron chi connectivity index (χ4n) is 16.3. The van der Waals surface area contributed by atoms with Crippen molar-refractivity contribution in [2.45, 2.75) is 198 Å². The number of nitrogens with zero attached hydrogens (tertiary/aromatic N) is 10. The fourth-order valence-corrected chi connectivity index (χ4v) is 25.2. The molecule has 7 aliphatic rings. The van der Waals surface area contributed by atoms with Gasteiger partial charge in [0.25, 0.3) is 36.0 Å². The van der Waals surface area contributed by atoms with Gasteiger partial charge in [0.15, 0.2) is 0 Å². The quantitative estimate of drug-likeness (QED) is 0.0199. The number of carboxylic acids is 5. The third-order valence-corrected chi connectivity index (χ3v) is 34.6.